The fraction of sp³-hybridized carbons (Fsp3) is 0.538. The molecule has 2 rings (SSSR count). The first-order valence-electron chi connectivity index (χ1n) is 6.19. The van der Waals surface area contributed by atoms with Crippen molar-refractivity contribution >= 4 is 23.5 Å². The molecule has 1 aromatic rings. The Balaban J connectivity index is 1.71. The summed E-state index contributed by atoms with van der Waals surface area (Å²) in [6.07, 6.45) is 2.51. The summed E-state index contributed by atoms with van der Waals surface area (Å²) in [4.78, 5) is 1.04. The van der Waals surface area contributed by atoms with Crippen LogP contribution in [-0.2, 0) is 6.54 Å². The van der Waals surface area contributed by atoms with Gasteiger partial charge in [-0.3, -0.25) is 0 Å². The maximum atomic E-state index is 12.0. The summed E-state index contributed by atoms with van der Waals surface area (Å²) < 4.78 is 35.9. The third-order valence-electron chi connectivity index (χ3n) is 2.69. The van der Waals surface area contributed by atoms with Gasteiger partial charge in [-0.05, 0) is 30.5 Å². The van der Waals surface area contributed by atoms with Crippen LogP contribution in [0.5, 0.6) is 0 Å². The molecule has 1 saturated carbocycles. The third-order valence-corrected chi connectivity index (χ3v) is 4.68. The molecule has 0 bridgehead atoms. The van der Waals surface area contributed by atoms with Gasteiger partial charge in [-0.1, -0.05) is 23.9 Å². The number of nitrogens with one attached hydrogen (secondary N) is 1. The lowest BCUT2D eigenvalue weighted by Gasteiger charge is -2.07. The fourth-order valence-corrected chi connectivity index (χ4v) is 3.16. The second-order valence-electron chi connectivity index (χ2n) is 4.45. The van der Waals surface area contributed by atoms with Gasteiger partial charge in [0.1, 0.15) is 0 Å². The maximum Gasteiger partial charge on any atom is 0.441 e. The molecule has 1 nitrogen and oxygen atoms in total. The molecule has 0 unspecified atom stereocenters. The van der Waals surface area contributed by atoms with Gasteiger partial charge in [-0.25, -0.2) is 0 Å². The lowest BCUT2D eigenvalue weighted by molar-refractivity contribution is -0.0326. The number of hydrogen-bond donors (Lipinski definition) is 1. The highest BCUT2D eigenvalue weighted by Crippen LogP contribution is 2.31. The van der Waals surface area contributed by atoms with Crippen molar-refractivity contribution in [3.8, 4) is 0 Å². The molecular formula is C13H16F3NS2. The van der Waals surface area contributed by atoms with Crippen molar-refractivity contribution in [3.05, 3.63) is 29.8 Å². The molecule has 0 spiro atoms. The summed E-state index contributed by atoms with van der Waals surface area (Å²) in [6, 6.07) is 8.68. The zero-order chi connectivity index (χ0) is 13.7. The average molecular weight is 307 g/mol. The Kier molecular flexibility index (Phi) is 5.47. The smallest absolute Gasteiger partial charge is 0.310 e. The van der Waals surface area contributed by atoms with Crippen LogP contribution in [0, 0.1) is 0 Å². The highest BCUT2D eigenvalue weighted by Gasteiger charge is 2.27. The van der Waals surface area contributed by atoms with Gasteiger partial charge in [-0.15, -0.1) is 11.8 Å². The van der Waals surface area contributed by atoms with Crippen molar-refractivity contribution in [2.75, 3.05) is 11.5 Å². The summed E-state index contributed by atoms with van der Waals surface area (Å²) >= 11 is 1.52. The van der Waals surface area contributed by atoms with E-state index in [1.54, 1.807) is 0 Å². The molecule has 1 N–H and O–H groups in total. The Morgan fingerprint density at radius 1 is 1.21 bits per heavy atom. The van der Waals surface area contributed by atoms with Gasteiger partial charge >= 0.3 is 5.51 Å². The predicted molar refractivity (Wildman–Crippen MR) is 75.5 cm³/mol. The van der Waals surface area contributed by atoms with E-state index in [0.29, 0.717) is 11.8 Å². The number of hydrogen-bond acceptors (Lipinski definition) is 3. The Hall–Kier alpha value is -0.330. The van der Waals surface area contributed by atoms with Crippen LogP contribution < -0.4 is 5.32 Å². The monoisotopic (exact) mass is 307 g/mol. The van der Waals surface area contributed by atoms with Gasteiger partial charge < -0.3 is 5.32 Å². The topological polar surface area (TPSA) is 12.0 Å². The lowest BCUT2D eigenvalue weighted by atomic mass is 10.2. The van der Waals surface area contributed by atoms with Crippen molar-refractivity contribution in [3.63, 3.8) is 0 Å². The highest BCUT2D eigenvalue weighted by molar-refractivity contribution is 8.03. The van der Waals surface area contributed by atoms with E-state index in [9.17, 15) is 13.2 Å². The van der Waals surface area contributed by atoms with Gasteiger partial charge in [0.25, 0.3) is 0 Å². The molecule has 6 heteroatoms. The molecule has 0 heterocycles. The van der Waals surface area contributed by atoms with E-state index in [4.69, 9.17) is 0 Å². The molecule has 0 atom stereocenters. The minimum Gasteiger partial charge on any atom is -0.310 e. The van der Waals surface area contributed by atoms with Crippen molar-refractivity contribution in [1.82, 2.24) is 5.32 Å². The zero-order valence-electron chi connectivity index (χ0n) is 10.4. The maximum absolute atomic E-state index is 12.0. The first-order valence-corrected chi connectivity index (χ1v) is 8.16. The van der Waals surface area contributed by atoms with Crippen LogP contribution in [0.2, 0.25) is 0 Å². The Bertz CT molecular complexity index is 405. The van der Waals surface area contributed by atoms with Gasteiger partial charge in [0.05, 0.1) is 0 Å². The van der Waals surface area contributed by atoms with Crippen LogP contribution in [0.3, 0.4) is 0 Å². The van der Waals surface area contributed by atoms with Crippen molar-refractivity contribution in [2.45, 2.75) is 35.8 Å². The molecule has 0 aliphatic heterocycles. The fourth-order valence-electron chi connectivity index (χ4n) is 1.61. The van der Waals surface area contributed by atoms with E-state index in [-0.39, 0.29) is 17.5 Å². The largest absolute Gasteiger partial charge is 0.441 e. The second-order valence-corrected chi connectivity index (χ2v) is 6.77. The summed E-state index contributed by atoms with van der Waals surface area (Å²) in [5.74, 6) is 0.572. The molecule has 19 heavy (non-hydrogen) atoms. The Morgan fingerprint density at radius 3 is 2.68 bits per heavy atom. The number of alkyl halides is 3. The Labute approximate surface area is 119 Å². The van der Waals surface area contributed by atoms with Crippen LogP contribution in [0.4, 0.5) is 13.2 Å². The van der Waals surface area contributed by atoms with Crippen LogP contribution in [0.25, 0.3) is 0 Å². The van der Waals surface area contributed by atoms with Crippen LogP contribution in [-0.4, -0.2) is 23.1 Å². The quantitative estimate of drug-likeness (QED) is 0.596. The van der Waals surface area contributed by atoms with Crippen LogP contribution in [0.15, 0.2) is 29.2 Å². The van der Waals surface area contributed by atoms with E-state index in [2.05, 4.69) is 11.4 Å². The van der Waals surface area contributed by atoms with Crippen molar-refractivity contribution in [2.24, 2.45) is 0 Å². The van der Waals surface area contributed by atoms with Gasteiger partial charge in [0.15, 0.2) is 0 Å². The number of rotatable bonds is 7. The zero-order valence-corrected chi connectivity index (χ0v) is 12.0. The van der Waals surface area contributed by atoms with E-state index in [1.807, 2.05) is 18.2 Å². The SMILES string of the molecule is FC(F)(F)SCCSc1cccc(CNC2CC2)c1. The average Bonchev–Trinajstić information content (AvgIpc) is 3.16. The van der Waals surface area contributed by atoms with Crippen LogP contribution >= 0.6 is 23.5 Å². The molecule has 0 aromatic heterocycles. The molecule has 1 aromatic carbocycles. The molecule has 106 valence electrons. The first kappa shape index (κ1) is 15.1. The predicted octanol–water partition coefficient (Wildman–Crippen LogP) is 4.28. The summed E-state index contributed by atoms with van der Waals surface area (Å²) in [5.41, 5.74) is -2.92. The van der Waals surface area contributed by atoms with E-state index >= 15 is 0 Å². The minimum absolute atomic E-state index is 0.0463. The van der Waals surface area contributed by atoms with E-state index in [0.717, 1.165) is 11.4 Å². The number of thioether (sulfide) groups is 2. The molecule has 1 fully saturated rings. The Morgan fingerprint density at radius 2 is 2.00 bits per heavy atom. The van der Waals surface area contributed by atoms with Crippen molar-refractivity contribution < 1.29 is 13.2 Å². The normalized spacial score (nSPS) is 15.7. The number of benzene rings is 1. The second kappa shape index (κ2) is 6.90. The third kappa shape index (κ3) is 6.58. The summed E-state index contributed by atoms with van der Waals surface area (Å²) in [5, 5.41) is 3.43. The molecular weight excluding hydrogens is 291 g/mol. The van der Waals surface area contributed by atoms with Gasteiger partial charge in [-0.2, -0.15) is 13.2 Å². The lowest BCUT2D eigenvalue weighted by Crippen LogP contribution is -2.15. The standard InChI is InChI=1S/C13H16F3NS2/c14-13(15,16)19-7-6-18-12-3-1-2-10(8-12)9-17-11-4-5-11/h1-3,8,11,17H,4-7,9H2. The first-order chi connectivity index (χ1) is 9.03. The molecule has 0 saturated heterocycles. The summed E-state index contributed by atoms with van der Waals surface area (Å²) in [6.45, 7) is 0.844. The van der Waals surface area contributed by atoms with Crippen molar-refractivity contribution in [1.29, 1.82) is 0 Å². The van der Waals surface area contributed by atoms with E-state index in [1.165, 1.54) is 30.2 Å². The molecule has 1 aliphatic carbocycles. The van der Waals surface area contributed by atoms with Gasteiger partial charge in [0.2, 0.25) is 0 Å². The molecule has 0 radical (unpaired) electrons. The summed E-state index contributed by atoms with van der Waals surface area (Å²) in [7, 11) is 0. The minimum atomic E-state index is -4.11. The molecule has 0 amide bonds. The highest BCUT2D eigenvalue weighted by atomic mass is 32.2. The number of halogens is 3. The van der Waals surface area contributed by atoms with Crippen LogP contribution in [0.1, 0.15) is 18.4 Å². The van der Waals surface area contributed by atoms with Gasteiger partial charge in [0, 0.05) is 29.0 Å². The molecule has 1 aliphatic rings. The van der Waals surface area contributed by atoms with E-state index < -0.39 is 5.51 Å².